The van der Waals surface area contributed by atoms with E-state index < -0.39 is 0 Å². The predicted octanol–water partition coefficient (Wildman–Crippen LogP) is 2.66. The number of nitrogens with zero attached hydrogens (tertiary/aromatic N) is 2. The van der Waals surface area contributed by atoms with E-state index >= 15 is 0 Å². The molecule has 0 bridgehead atoms. The Morgan fingerprint density at radius 2 is 1.81 bits per heavy atom. The minimum Gasteiger partial charge on any atom is -0.304 e. The van der Waals surface area contributed by atoms with E-state index in [0.29, 0.717) is 0 Å². The average Bonchev–Trinajstić information content (AvgIpc) is 2.67. The first-order valence-electron chi connectivity index (χ1n) is 7.57. The van der Waals surface area contributed by atoms with Gasteiger partial charge in [-0.3, -0.25) is 9.69 Å². The Labute approximate surface area is 126 Å². The SMILES string of the molecule is CN1CCCN(C)C(C(=O)c2cccc3ccccc23)C1. The number of carbonyl (C=O) groups excluding carboxylic acids is 1. The standard InChI is InChI=1S/C18H22N2O/c1-19-11-6-12-20(2)17(13-19)18(21)16-10-5-8-14-7-3-4-9-15(14)16/h3-5,7-10,17H,6,11-13H2,1-2H3. The number of benzene rings is 2. The minimum atomic E-state index is -0.0525. The van der Waals surface area contributed by atoms with E-state index in [1.165, 1.54) is 0 Å². The van der Waals surface area contributed by atoms with Crippen LogP contribution in [0.1, 0.15) is 16.8 Å². The Morgan fingerprint density at radius 1 is 1.05 bits per heavy atom. The molecule has 2 aromatic carbocycles. The van der Waals surface area contributed by atoms with Crippen LogP contribution in [0.2, 0.25) is 0 Å². The van der Waals surface area contributed by atoms with Crippen LogP contribution in [0.4, 0.5) is 0 Å². The monoisotopic (exact) mass is 282 g/mol. The van der Waals surface area contributed by atoms with Crippen LogP contribution in [0.25, 0.3) is 10.8 Å². The molecule has 110 valence electrons. The Balaban J connectivity index is 1.99. The fourth-order valence-electron chi connectivity index (χ4n) is 3.17. The Morgan fingerprint density at radius 3 is 2.67 bits per heavy atom. The van der Waals surface area contributed by atoms with Crippen LogP contribution < -0.4 is 0 Å². The van der Waals surface area contributed by atoms with Crippen molar-refractivity contribution in [3.63, 3.8) is 0 Å². The van der Waals surface area contributed by atoms with Crippen molar-refractivity contribution in [2.24, 2.45) is 0 Å². The van der Waals surface area contributed by atoms with Crippen LogP contribution in [0.3, 0.4) is 0 Å². The minimum absolute atomic E-state index is 0.0525. The molecule has 3 nitrogen and oxygen atoms in total. The molecule has 3 heteroatoms. The van der Waals surface area contributed by atoms with Crippen molar-refractivity contribution in [1.82, 2.24) is 9.80 Å². The molecular weight excluding hydrogens is 260 g/mol. The van der Waals surface area contributed by atoms with Crippen molar-refractivity contribution in [3.8, 4) is 0 Å². The molecule has 1 atom stereocenters. The first-order valence-corrected chi connectivity index (χ1v) is 7.57. The van der Waals surface area contributed by atoms with Crippen molar-refractivity contribution in [3.05, 3.63) is 48.0 Å². The van der Waals surface area contributed by atoms with Gasteiger partial charge >= 0.3 is 0 Å². The molecule has 0 spiro atoms. The zero-order valence-corrected chi connectivity index (χ0v) is 12.7. The molecule has 0 amide bonds. The zero-order chi connectivity index (χ0) is 14.8. The number of likely N-dealkylation sites (N-methyl/N-ethyl adjacent to an activating group) is 2. The highest BCUT2D eigenvalue weighted by Crippen LogP contribution is 2.22. The summed E-state index contributed by atoms with van der Waals surface area (Å²) in [6.07, 6.45) is 1.12. The molecule has 1 unspecified atom stereocenters. The van der Waals surface area contributed by atoms with Crippen molar-refractivity contribution in [1.29, 1.82) is 0 Å². The highest BCUT2D eigenvalue weighted by atomic mass is 16.1. The summed E-state index contributed by atoms with van der Waals surface area (Å²) >= 11 is 0. The number of hydrogen-bond donors (Lipinski definition) is 0. The molecule has 0 saturated carbocycles. The molecule has 0 aliphatic carbocycles. The van der Waals surface area contributed by atoms with Crippen LogP contribution >= 0.6 is 0 Å². The third-order valence-corrected chi connectivity index (χ3v) is 4.43. The van der Waals surface area contributed by atoms with E-state index in [1.54, 1.807) is 0 Å². The number of Topliss-reactive ketones (excluding diaryl/α,β-unsaturated/α-hetero) is 1. The van der Waals surface area contributed by atoms with Crippen LogP contribution in [-0.4, -0.2) is 55.4 Å². The quantitative estimate of drug-likeness (QED) is 0.791. The first kappa shape index (κ1) is 14.2. The van der Waals surface area contributed by atoms with Crippen LogP contribution in [0, 0.1) is 0 Å². The lowest BCUT2D eigenvalue weighted by molar-refractivity contribution is 0.0841. The number of carbonyl (C=O) groups is 1. The molecule has 1 heterocycles. The topological polar surface area (TPSA) is 23.6 Å². The van der Waals surface area contributed by atoms with Crippen LogP contribution in [-0.2, 0) is 0 Å². The second-order valence-corrected chi connectivity index (χ2v) is 6.00. The lowest BCUT2D eigenvalue weighted by Gasteiger charge is -2.26. The largest absolute Gasteiger partial charge is 0.304 e. The van der Waals surface area contributed by atoms with E-state index in [2.05, 4.69) is 36.0 Å². The van der Waals surface area contributed by atoms with Crippen molar-refractivity contribution in [2.45, 2.75) is 12.5 Å². The second kappa shape index (κ2) is 5.96. The molecule has 1 aliphatic heterocycles. The number of rotatable bonds is 2. The molecule has 1 saturated heterocycles. The van der Waals surface area contributed by atoms with Crippen molar-refractivity contribution >= 4 is 16.6 Å². The van der Waals surface area contributed by atoms with E-state index in [9.17, 15) is 4.79 Å². The Hall–Kier alpha value is -1.71. The fourth-order valence-corrected chi connectivity index (χ4v) is 3.17. The molecule has 1 fully saturated rings. The highest BCUT2D eigenvalue weighted by Gasteiger charge is 2.28. The molecule has 0 aromatic heterocycles. The van der Waals surface area contributed by atoms with Crippen LogP contribution in [0.5, 0.6) is 0 Å². The van der Waals surface area contributed by atoms with Crippen LogP contribution in [0.15, 0.2) is 42.5 Å². The lowest BCUT2D eigenvalue weighted by atomic mass is 9.97. The molecule has 0 radical (unpaired) electrons. The van der Waals surface area contributed by atoms with Gasteiger partial charge in [0.15, 0.2) is 5.78 Å². The molecular formula is C18H22N2O. The third-order valence-electron chi connectivity index (χ3n) is 4.43. The molecule has 2 aromatic rings. The number of fused-ring (bicyclic) bond motifs is 1. The Kier molecular flexibility index (Phi) is 4.04. The predicted molar refractivity (Wildman–Crippen MR) is 86.8 cm³/mol. The maximum absolute atomic E-state index is 13.1. The number of ketones is 1. The third kappa shape index (κ3) is 2.85. The first-order chi connectivity index (χ1) is 10.2. The molecule has 3 rings (SSSR count). The van der Waals surface area contributed by atoms with Gasteiger partial charge < -0.3 is 4.90 Å². The summed E-state index contributed by atoms with van der Waals surface area (Å²) in [5.74, 6) is 0.239. The van der Waals surface area contributed by atoms with Gasteiger partial charge in [-0.05, 0) is 44.4 Å². The zero-order valence-electron chi connectivity index (χ0n) is 12.7. The van der Waals surface area contributed by atoms with Gasteiger partial charge in [0.05, 0.1) is 6.04 Å². The fraction of sp³-hybridized carbons (Fsp3) is 0.389. The van der Waals surface area contributed by atoms with E-state index in [0.717, 1.165) is 42.4 Å². The van der Waals surface area contributed by atoms with E-state index in [-0.39, 0.29) is 11.8 Å². The van der Waals surface area contributed by atoms with E-state index in [4.69, 9.17) is 0 Å². The summed E-state index contributed by atoms with van der Waals surface area (Å²) in [6, 6.07) is 14.1. The van der Waals surface area contributed by atoms with E-state index in [1.807, 2.05) is 30.3 Å². The summed E-state index contributed by atoms with van der Waals surface area (Å²) < 4.78 is 0. The van der Waals surface area contributed by atoms with Gasteiger partial charge in [-0.2, -0.15) is 0 Å². The summed E-state index contributed by atoms with van der Waals surface area (Å²) in [7, 11) is 4.16. The average molecular weight is 282 g/mol. The smallest absolute Gasteiger partial charge is 0.181 e. The second-order valence-electron chi connectivity index (χ2n) is 6.00. The maximum atomic E-state index is 13.1. The summed E-state index contributed by atoms with van der Waals surface area (Å²) in [5.41, 5.74) is 0.847. The number of hydrogen-bond acceptors (Lipinski definition) is 3. The lowest BCUT2D eigenvalue weighted by Crippen LogP contribution is -2.43. The Bertz CT molecular complexity index is 647. The van der Waals surface area contributed by atoms with Gasteiger partial charge in [0.2, 0.25) is 0 Å². The molecule has 21 heavy (non-hydrogen) atoms. The van der Waals surface area contributed by atoms with Gasteiger partial charge in [-0.1, -0.05) is 42.5 Å². The molecule has 1 aliphatic rings. The van der Waals surface area contributed by atoms with Gasteiger partial charge in [0, 0.05) is 12.1 Å². The summed E-state index contributed by atoms with van der Waals surface area (Å²) in [6.45, 7) is 2.84. The highest BCUT2D eigenvalue weighted by molar-refractivity contribution is 6.10. The molecule has 0 N–H and O–H groups in total. The van der Waals surface area contributed by atoms with Gasteiger partial charge in [0.1, 0.15) is 0 Å². The summed E-state index contributed by atoms with van der Waals surface area (Å²) in [4.78, 5) is 17.5. The van der Waals surface area contributed by atoms with Gasteiger partial charge in [-0.15, -0.1) is 0 Å². The summed E-state index contributed by atoms with van der Waals surface area (Å²) in [5, 5.41) is 2.19. The maximum Gasteiger partial charge on any atom is 0.181 e. The van der Waals surface area contributed by atoms with Crippen molar-refractivity contribution < 1.29 is 4.79 Å². The van der Waals surface area contributed by atoms with Crippen molar-refractivity contribution in [2.75, 3.05) is 33.7 Å². The van der Waals surface area contributed by atoms with Gasteiger partial charge in [-0.25, -0.2) is 0 Å². The van der Waals surface area contributed by atoms with Gasteiger partial charge in [0.25, 0.3) is 0 Å². The normalized spacial score (nSPS) is 21.3.